The van der Waals surface area contributed by atoms with Gasteiger partial charge in [0.15, 0.2) is 23.4 Å². The smallest absolute Gasteiger partial charge is 0.291 e. The molecule has 7 nitrogen and oxygen atoms in total. The van der Waals surface area contributed by atoms with E-state index in [-0.39, 0.29) is 12.2 Å². The first-order valence-electron chi connectivity index (χ1n) is 9.79. The van der Waals surface area contributed by atoms with Gasteiger partial charge in [-0.1, -0.05) is 47.2 Å². The number of thiazole rings is 1. The van der Waals surface area contributed by atoms with Crippen molar-refractivity contribution in [3.05, 3.63) is 92.2 Å². The summed E-state index contributed by atoms with van der Waals surface area (Å²) in [6.45, 7) is 0.278. The van der Waals surface area contributed by atoms with Crippen molar-refractivity contribution in [2.24, 2.45) is 0 Å². The third-order valence-corrected chi connectivity index (χ3v) is 6.20. The summed E-state index contributed by atoms with van der Waals surface area (Å²) in [6, 6.07) is 18.5. The Hall–Kier alpha value is -3.62. The van der Waals surface area contributed by atoms with Gasteiger partial charge >= 0.3 is 0 Å². The molecule has 32 heavy (non-hydrogen) atoms. The molecular weight excluding hydrogens is 450 g/mol. The van der Waals surface area contributed by atoms with Gasteiger partial charge in [0.2, 0.25) is 4.96 Å². The zero-order valence-corrected chi connectivity index (χ0v) is 18.0. The average Bonchev–Trinajstić information content (AvgIpc) is 3.51. The largest absolute Gasteiger partial charge is 0.485 e. The van der Waals surface area contributed by atoms with Crippen LogP contribution in [0.2, 0.25) is 5.02 Å². The van der Waals surface area contributed by atoms with Crippen LogP contribution in [0.25, 0.3) is 22.4 Å². The van der Waals surface area contributed by atoms with E-state index in [0.29, 0.717) is 43.4 Å². The Morgan fingerprint density at radius 1 is 1.09 bits per heavy atom. The predicted molar refractivity (Wildman–Crippen MR) is 120 cm³/mol. The molecule has 0 spiro atoms. The minimum absolute atomic E-state index is 0.262. The van der Waals surface area contributed by atoms with Gasteiger partial charge in [-0.25, -0.2) is 0 Å². The van der Waals surface area contributed by atoms with Gasteiger partial charge in [-0.05, 0) is 36.4 Å². The summed E-state index contributed by atoms with van der Waals surface area (Å²) in [5.41, 5.74) is 0.602. The molecule has 0 fully saturated rings. The lowest BCUT2D eigenvalue weighted by Gasteiger charge is -2.24. The molecule has 1 atom stereocenters. The highest BCUT2D eigenvalue weighted by molar-refractivity contribution is 7.15. The average molecular weight is 464 g/mol. The molecule has 0 saturated heterocycles. The van der Waals surface area contributed by atoms with Crippen LogP contribution in [0.3, 0.4) is 0 Å². The van der Waals surface area contributed by atoms with Crippen molar-refractivity contribution in [1.29, 1.82) is 0 Å². The van der Waals surface area contributed by atoms with Gasteiger partial charge in [0.1, 0.15) is 22.7 Å². The van der Waals surface area contributed by atoms with Crippen LogP contribution >= 0.6 is 22.9 Å². The molecule has 1 aliphatic rings. The number of hydrogen-bond acceptors (Lipinski definition) is 7. The van der Waals surface area contributed by atoms with Gasteiger partial charge in [-0.2, -0.15) is 9.50 Å². The van der Waals surface area contributed by atoms with E-state index in [9.17, 15) is 4.79 Å². The van der Waals surface area contributed by atoms with Gasteiger partial charge < -0.3 is 13.9 Å². The number of furan rings is 1. The molecule has 5 aromatic rings. The van der Waals surface area contributed by atoms with Crippen LogP contribution in [0.4, 0.5) is 0 Å². The monoisotopic (exact) mass is 463 g/mol. The molecule has 4 heterocycles. The Bertz CT molecular complexity index is 1570. The zero-order chi connectivity index (χ0) is 21.7. The third kappa shape index (κ3) is 3.34. The highest BCUT2D eigenvalue weighted by atomic mass is 35.5. The standard InChI is InChI=1S/C23H14ClN3O4S/c24-14-5-3-4-13(10-14)16-9-8-15(30-16)11-20-22(28)27-23(32-20)25-21(26-27)19-12-29-17-6-1-2-7-18(17)31-19/h1-11,19H,12H2/b20-11+. The number of nitrogens with zero attached hydrogens (tertiary/aromatic N) is 3. The molecule has 0 saturated carbocycles. The molecule has 1 aliphatic heterocycles. The van der Waals surface area contributed by atoms with Crippen molar-refractivity contribution in [2.45, 2.75) is 6.10 Å². The minimum atomic E-state index is -0.478. The SMILES string of the molecule is O=c1/c(=C\c2ccc(-c3cccc(Cl)c3)o2)sc2nc(C3COc4ccccc4O3)nn12. The van der Waals surface area contributed by atoms with Crippen LogP contribution in [0.5, 0.6) is 11.5 Å². The maximum Gasteiger partial charge on any atom is 0.291 e. The molecule has 0 N–H and O–H groups in total. The van der Waals surface area contributed by atoms with E-state index in [1.54, 1.807) is 12.1 Å². The lowest BCUT2D eigenvalue weighted by molar-refractivity contribution is 0.0852. The van der Waals surface area contributed by atoms with Crippen molar-refractivity contribution in [2.75, 3.05) is 6.61 Å². The first kappa shape index (κ1) is 19.1. The topological polar surface area (TPSA) is 78.9 Å². The first-order chi connectivity index (χ1) is 15.6. The van der Waals surface area contributed by atoms with Crippen LogP contribution < -0.4 is 19.6 Å². The van der Waals surface area contributed by atoms with Crippen LogP contribution in [-0.2, 0) is 0 Å². The van der Waals surface area contributed by atoms with Crippen LogP contribution in [0.15, 0.2) is 69.9 Å². The normalized spacial score (nSPS) is 16.0. The number of aromatic nitrogens is 3. The second-order valence-corrected chi connectivity index (χ2v) is 8.60. The van der Waals surface area contributed by atoms with Gasteiger partial charge in [0, 0.05) is 16.7 Å². The van der Waals surface area contributed by atoms with E-state index in [0.717, 1.165) is 5.56 Å². The molecule has 0 bridgehead atoms. The van der Waals surface area contributed by atoms with Crippen molar-refractivity contribution in [3.8, 4) is 22.8 Å². The molecule has 0 amide bonds. The summed E-state index contributed by atoms with van der Waals surface area (Å²) in [4.78, 5) is 17.8. The van der Waals surface area contributed by atoms with Crippen LogP contribution in [0.1, 0.15) is 17.7 Å². The summed E-state index contributed by atoms with van der Waals surface area (Å²) in [5, 5.41) is 5.00. The van der Waals surface area contributed by atoms with Gasteiger partial charge in [-0.3, -0.25) is 4.79 Å². The van der Waals surface area contributed by atoms with E-state index in [2.05, 4.69) is 10.1 Å². The molecule has 6 rings (SSSR count). The summed E-state index contributed by atoms with van der Waals surface area (Å²) in [5.74, 6) is 2.95. The molecule has 158 valence electrons. The highest BCUT2D eigenvalue weighted by Crippen LogP contribution is 2.35. The van der Waals surface area contributed by atoms with Crippen LogP contribution in [0, 0.1) is 0 Å². The van der Waals surface area contributed by atoms with Crippen molar-refractivity contribution in [3.63, 3.8) is 0 Å². The molecular formula is C23H14ClN3O4S. The predicted octanol–water partition coefficient (Wildman–Crippen LogP) is 4.12. The number of benzene rings is 2. The molecule has 0 radical (unpaired) electrons. The van der Waals surface area contributed by atoms with E-state index in [4.69, 9.17) is 25.5 Å². The van der Waals surface area contributed by atoms with E-state index in [1.165, 1.54) is 15.9 Å². The summed E-state index contributed by atoms with van der Waals surface area (Å²) >= 11 is 7.30. The Morgan fingerprint density at radius 2 is 1.97 bits per heavy atom. The van der Waals surface area contributed by atoms with E-state index in [1.807, 2.05) is 54.6 Å². The maximum absolute atomic E-state index is 12.9. The molecule has 2 aromatic carbocycles. The Kier molecular flexibility index (Phi) is 4.48. The van der Waals surface area contributed by atoms with Gasteiger partial charge in [0.25, 0.3) is 5.56 Å². The summed E-state index contributed by atoms with van der Waals surface area (Å²) < 4.78 is 19.3. The lowest BCUT2D eigenvalue weighted by Crippen LogP contribution is -2.26. The summed E-state index contributed by atoms with van der Waals surface area (Å²) in [7, 11) is 0. The third-order valence-electron chi connectivity index (χ3n) is 5.00. The number of para-hydroxylation sites is 2. The van der Waals surface area contributed by atoms with Crippen molar-refractivity contribution in [1.82, 2.24) is 14.6 Å². The fraction of sp³-hybridized carbons (Fsp3) is 0.0870. The second kappa shape index (κ2) is 7.51. The van der Waals surface area contributed by atoms with Gasteiger partial charge in [0.05, 0.1) is 0 Å². The molecule has 1 unspecified atom stereocenters. The zero-order valence-electron chi connectivity index (χ0n) is 16.4. The van der Waals surface area contributed by atoms with Crippen molar-refractivity contribution < 1.29 is 13.9 Å². The van der Waals surface area contributed by atoms with E-state index < -0.39 is 6.10 Å². The fourth-order valence-electron chi connectivity index (χ4n) is 3.49. The number of ether oxygens (including phenoxy) is 2. The maximum atomic E-state index is 12.9. The quantitative estimate of drug-likeness (QED) is 0.400. The molecule has 9 heteroatoms. The minimum Gasteiger partial charge on any atom is -0.485 e. The fourth-order valence-corrected chi connectivity index (χ4v) is 4.57. The number of rotatable bonds is 3. The number of hydrogen-bond donors (Lipinski definition) is 0. The van der Waals surface area contributed by atoms with E-state index >= 15 is 0 Å². The highest BCUT2D eigenvalue weighted by Gasteiger charge is 2.27. The van der Waals surface area contributed by atoms with Crippen LogP contribution in [-0.4, -0.2) is 21.2 Å². The molecule has 0 aliphatic carbocycles. The molecule has 3 aromatic heterocycles. The summed E-state index contributed by atoms with van der Waals surface area (Å²) in [6.07, 6.45) is 1.21. The Morgan fingerprint density at radius 3 is 2.81 bits per heavy atom. The number of fused-ring (bicyclic) bond motifs is 2. The van der Waals surface area contributed by atoms with Crippen molar-refractivity contribution >= 4 is 34.0 Å². The number of halogens is 1. The lowest BCUT2D eigenvalue weighted by atomic mass is 10.2. The van der Waals surface area contributed by atoms with Gasteiger partial charge in [-0.15, -0.1) is 5.10 Å². The first-order valence-corrected chi connectivity index (χ1v) is 11.0. The Balaban J connectivity index is 1.30. The second-order valence-electron chi connectivity index (χ2n) is 7.16. The Labute approximate surface area is 190 Å².